The van der Waals surface area contributed by atoms with Crippen molar-refractivity contribution < 1.29 is 14.2 Å². The van der Waals surface area contributed by atoms with Crippen LogP contribution in [0.5, 0.6) is 17.2 Å². The Morgan fingerprint density at radius 2 is 1.72 bits per heavy atom. The topological polar surface area (TPSA) is 43.3 Å². The minimum absolute atomic E-state index is 0.0584. The molecule has 6 heteroatoms. The average molecular weight is 405 g/mol. The molecule has 0 amide bonds. The molecule has 0 fully saturated rings. The minimum atomic E-state index is -0.290. The van der Waals surface area contributed by atoms with E-state index in [-0.39, 0.29) is 19.1 Å². The van der Waals surface area contributed by atoms with Crippen LogP contribution in [0.2, 0.25) is 5.02 Å². The highest BCUT2D eigenvalue weighted by molar-refractivity contribution is 6.30. The van der Waals surface area contributed by atoms with Crippen molar-refractivity contribution in [2.24, 2.45) is 5.10 Å². The van der Waals surface area contributed by atoms with Gasteiger partial charge >= 0.3 is 0 Å². The van der Waals surface area contributed by atoms with Crippen LogP contribution in [0.25, 0.3) is 0 Å². The van der Waals surface area contributed by atoms with Crippen molar-refractivity contribution in [2.75, 3.05) is 6.79 Å². The Balaban J connectivity index is 1.44. The molecule has 0 aromatic heterocycles. The lowest BCUT2D eigenvalue weighted by Gasteiger charge is -2.38. The van der Waals surface area contributed by atoms with Crippen LogP contribution in [0, 0.1) is 0 Å². The first kappa shape index (κ1) is 16.7. The van der Waals surface area contributed by atoms with Crippen LogP contribution in [0.15, 0.2) is 71.8 Å². The number of rotatable bonds is 2. The Bertz CT molecular complexity index is 1130. The van der Waals surface area contributed by atoms with Gasteiger partial charge in [-0.1, -0.05) is 41.9 Å². The van der Waals surface area contributed by atoms with Gasteiger partial charge in [0.25, 0.3) is 0 Å². The smallest absolute Gasteiger partial charge is 0.231 e. The third-order valence-corrected chi connectivity index (χ3v) is 5.78. The normalized spacial score (nSPS) is 21.3. The summed E-state index contributed by atoms with van der Waals surface area (Å²) < 4.78 is 17.3. The second-order valence-electron chi connectivity index (χ2n) is 7.28. The Morgan fingerprint density at radius 3 is 2.62 bits per heavy atom. The summed E-state index contributed by atoms with van der Waals surface area (Å²) in [7, 11) is 0. The van der Waals surface area contributed by atoms with Gasteiger partial charge in [-0.2, -0.15) is 5.10 Å². The first-order valence-corrected chi connectivity index (χ1v) is 9.91. The summed E-state index contributed by atoms with van der Waals surface area (Å²) in [5, 5.41) is 7.72. The lowest BCUT2D eigenvalue weighted by atomic mass is 9.95. The number of benzene rings is 3. The standard InChI is InChI=1S/C23H17ClN2O3/c24-16-7-9-20-17(11-16)19-12-18(15-6-8-21-22(10-15)28-13-27-21)25-26(19)23(29-20)14-4-2-1-3-5-14/h1-11,19,23H,12-13H2/t19-,23-/m1/s1. The van der Waals surface area contributed by atoms with Crippen molar-refractivity contribution in [3.63, 3.8) is 0 Å². The van der Waals surface area contributed by atoms with Crippen LogP contribution >= 0.6 is 11.6 Å². The number of hydrazone groups is 1. The maximum Gasteiger partial charge on any atom is 0.231 e. The van der Waals surface area contributed by atoms with E-state index in [1.54, 1.807) is 0 Å². The van der Waals surface area contributed by atoms with Crippen molar-refractivity contribution in [3.8, 4) is 17.2 Å². The zero-order chi connectivity index (χ0) is 19.4. The SMILES string of the molecule is Clc1ccc2c(c1)[C@H]1CC(c3ccc4c(c3)OCO4)=NN1[C@@H](c1ccccc1)O2. The second kappa shape index (κ2) is 6.42. The molecule has 0 unspecified atom stereocenters. The number of hydrogen-bond acceptors (Lipinski definition) is 5. The lowest BCUT2D eigenvalue weighted by Crippen LogP contribution is -2.33. The van der Waals surface area contributed by atoms with E-state index in [0.717, 1.165) is 46.1 Å². The Hall–Kier alpha value is -3.18. The number of fused-ring (bicyclic) bond motifs is 4. The third kappa shape index (κ3) is 2.73. The third-order valence-electron chi connectivity index (χ3n) is 5.54. The van der Waals surface area contributed by atoms with E-state index in [9.17, 15) is 0 Å². The molecular formula is C23H17ClN2O3. The molecule has 0 saturated carbocycles. The summed E-state index contributed by atoms with van der Waals surface area (Å²) in [6.07, 6.45) is 0.473. The van der Waals surface area contributed by atoms with E-state index in [0.29, 0.717) is 5.02 Å². The molecule has 3 aliphatic heterocycles. The molecule has 0 radical (unpaired) electrons. The predicted octanol–water partition coefficient (Wildman–Crippen LogP) is 5.31. The highest BCUT2D eigenvalue weighted by Crippen LogP contribution is 2.48. The quantitative estimate of drug-likeness (QED) is 0.580. The van der Waals surface area contributed by atoms with E-state index in [4.69, 9.17) is 30.9 Å². The molecular weight excluding hydrogens is 388 g/mol. The Labute approximate surface area is 173 Å². The molecule has 3 heterocycles. The van der Waals surface area contributed by atoms with Crippen molar-refractivity contribution in [3.05, 3.63) is 88.4 Å². The first-order chi connectivity index (χ1) is 14.3. The lowest BCUT2D eigenvalue weighted by molar-refractivity contribution is -0.0190. The zero-order valence-electron chi connectivity index (χ0n) is 15.4. The minimum Gasteiger partial charge on any atom is -0.464 e. The molecule has 3 aliphatic rings. The van der Waals surface area contributed by atoms with Crippen LogP contribution in [-0.4, -0.2) is 17.5 Å². The molecule has 5 nitrogen and oxygen atoms in total. The van der Waals surface area contributed by atoms with E-state index in [1.807, 2.05) is 59.6 Å². The molecule has 3 aromatic carbocycles. The Morgan fingerprint density at radius 1 is 0.897 bits per heavy atom. The van der Waals surface area contributed by atoms with Gasteiger partial charge in [0.05, 0.1) is 11.8 Å². The van der Waals surface area contributed by atoms with Gasteiger partial charge in [0.15, 0.2) is 11.5 Å². The largest absolute Gasteiger partial charge is 0.464 e. The molecule has 2 atom stereocenters. The molecule has 0 saturated heterocycles. The van der Waals surface area contributed by atoms with Crippen LogP contribution in [0.4, 0.5) is 0 Å². The zero-order valence-corrected chi connectivity index (χ0v) is 16.2. The molecule has 29 heavy (non-hydrogen) atoms. The van der Waals surface area contributed by atoms with Crippen LogP contribution in [-0.2, 0) is 0 Å². The molecule has 3 aromatic rings. The average Bonchev–Trinajstić information content (AvgIpc) is 3.40. The summed E-state index contributed by atoms with van der Waals surface area (Å²) >= 11 is 6.30. The maximum atomic E-state index is 6.36. The van der Waals surface area contributed by atoms with Gasteiger partial charge in [-0.3, -0.25) is 0 Å². The van der Waals surface area contributed by atoms with E-state index in [1.165, 1.54) is 0 Å². The van der Waals surface area contributed by atoms with E-state index < -0.39 is 0 Å². The van der Waals surface area contributed by atoms with Gasteiger partial charge in [-0.05, 0) is 36.4 Å². The molecule has 0 spiro atoms. The number of halogens is 1. The van der Waals surface area contributed by atoms with Crippen molar-refractivity contribution in [1.82, 2.24) is 5.01 Å². The first-order valence-electron chi connectivity index (χ1n) is 9.53. The van der Waals surface area contributed by atoms with Crippen LogP contribution in [0.1, 0.15) is 35.4 Å². The van der Waals surface area contributed by atoms with Crippen molar-refractivity contribution >= 4 is 17.3 Å². The van der Waals surface area contributed by atoms with Gasteiger partial charge in [0.1, 0.15) is 5.75 Å². The fraction of sp³-hybridized carbons (Fsp3) is 0.174. The van der Waals surface area contributed by atoms with Crippen molar-refractivity contribution in [1.29, 1.82) is 0 Å². The van der Waals surface area contributed by atoms with Gasteiger partial charge in [0, 0.05) is 28.1 Å². The van der Waals surface area contributed by atoms with Gasteiger partial charge in [-0.25, -0.2) is 5.01 Å². The predicted molar refractivity (Wildman–Crippen MR) is 110 cm³/mol. The molecule has 6 rings (SSSR count). The van der Waals surface area contributed by atoms with Gasteiger partial charge < -0.3 is 14.2 Å². The maximum absolute atomic E-state index is 6.36. The van der Waals surface area contributed by atoms with Crippen LogP contribution < -0.4 is 14.2 Å². The number of hydrogen-bond donors (Lipinski definition) is 0. The molecule has 0 bridgehead atoms. The Kier molecular flexibility index (Phi) is 3.71. The highest BCUT2D eigenvalue weighted by atomic mass is 35.5. The number of ether oxygens (including phenoxy) is 3. The fourth-order valence-corrected chi connectivity index (χ4v) is 4.33. The molecule has 0 N–H and O–H groups in total. The summed E-state index contributed by atoms with van der Waals surface area (Å²) in [5.41, 5.74) is 4.14. The summed E-state index contributed by atoms with van der Waals surface area (Å²) in [4.78, 5) is 0. The van der Waals surface area contributed by atoms with E-state index >= 15 is 0 Å². The van der Waals surface area contributed by atoms with Gasteiger partial charge in [-0.15, -0.1) is 0 Å². The van der Waals surface area contributed by atoms with Gasteiger partial charge in [0.2, 0.25) is 13.0 Å². The number of nitrogens with zero attached hydrogens (tertiary/aromatic N) is 2. The van der Waals surface area contributed by atoms with E-state index in [2.05, 4.69) is 12.1 Å². The highest BCUT2D eigenvalue weighted by Gasteiger charge is 2.41. The van der Waals surface area contributed by atoms with Crippen LogP contribution in [0.3, 0.4) is 0 Å². The second-order valence-corrected chi connectivity index (χ2v) is 7.71. The molecule has 0 aliphatic carbocycles. The van der Waals surface area contributed by atoms with Crippen molar-refractivity contribution in [2.45, 2.75) is 18.7 Å². The fourth-order valence-electron chi connectivity index (χ4n) is 4.15. The summed E-state index contributed by atoms with van der Waals surface area (Å²) in [6, 6.07) is 22.0. The monoisotopic (exact) mass is 404 g/mol. The summed E-state index contributed by atoms with van der Waals surface area (Å²) in [5.74, 6) is 2.38. The molecule has 144 valence electrons. The summed E-state index contributed by atoms with van der Waals surface area (Å²) in [6.45, 7) is 0.260.